The Morgan fingerprint density at radius 1 is 0.709 bits per heavy atom. The van der Waals surface area contributed by atoms with Crippen LogP contribution in [0.4, 0.5) is 29.2 Å². The summed E-state index contributed by atoms with van der Waals surface area (Å²) in [6.45, 7) is 8.34. The Bertz CT molecular complexity index is 3610. The molecule has 0 amide bonds. The summed E-state index contributed by atoms with van der Waals surface area (Å²) in [7, 11) is -17.6. The number of esters is 1. The highest BCUT2D eigenvalue weighted by molar-refractivity contribution is 7.86. The largest absolute Gasteiger partial charge is 0.481 e. The van der Waals surface area contributed by atoms with Crippen LogP contribution in [0.3, 0.4) is 0 Å². The van der Waals surface area contributed by atoms with Gasteiger partial charge in [0.15, 0.2) is 11.5 Å². The van der Waals surface area contributed by atoms with Gasteiger partial charge in [-0.3, -0.25) is 27.8 Å². The fourth-order valence-electron chi connectivity index (χ4n) is 12.5. The van der Waals surface area contributed by atoms with Crippen LogP contribution < -0.4 is 25.3 Å². The van der Waals surface area contributed by atoms with Gasteiger partial charge >= 0.3 is 11.9 Å². The Labute approximate surface area is 502 Å². The fraction of sp³-hybridized carbons (Fsp3) is 0.589. The number of rotatable bonds is 26. The smallest absolute Gasteiger partial charge is 0.338 e. The molecular weight excluding hydrogens is 1200 g/mol. The summed E-state index contributed by atoms with van der Waals surface area (Å²) < 4.78 is 141. The minimum atomic E-state index is -4.48. The van der Waals surface area contributed by atoms with E-state index in [1.165, 1.54) is 6.07 Å². The molecule has 472 valence electrons. The summed E-state index contributed by atoms with van der Waals surface area (Å²) in [4.78, 5) is 63.7. The van der Waals surface area contributed by atoms with Crippen LogP contribution in [0.5, 0.6) is 0 Å². The number of carbonyl (C=O) groups is 3. The highest BCUT2D eigenvalue weighted by Crippen LogP contribution is 2.51. The van der Waals surface area contributed by atoms with Gasteiger partial charge in [-0.25, -0.2) is 4.79 Å². The Morgan fingerprint density at radius 3 is 1.80 bits per heavy atom. The predicted octanol–water partition coefficient (Wildman–Crippen LogP) is 4.84. The number of fused-ring (bicyclic) bond motifs is 2. The molecule has 0 saturated carbocycles. The van der Waals surface area contributed by atoms with Gasteiger partial charge in [0.1, 0.15) is 6.54 Å². The van der Waals surface area contributed by atoms with Crippen molar-refractivity contribution in [3.8, 4) is 0 Å². The molecule has 5 aliphatic heterocycles. The Balaban J connectivity index is 1.13. The molecule has 2 aromatic carbocycles. The number of hydrogen-bond acceptors (Lipinski definition) is 20. The number of aromatic nitrogens is 3. The number of nitrogens with zero attached hydrogens (tertiary/aromatic N) is 8. The highest BCUT2D eigenvalue weighted by Gasteiger charge is 2.49. The number of ketones is 1. The van der Waals surface area contributed by atoms with Crippen LogP contribution in [0.2, 0.25) is 0 Å². The lowest BCUT2D eigenvalue weighted by Crippen LogP contribution is -2.42. The first-order valence-electron chi connectivity index (χ1n) is 28.9. The number of benzene rings is 2. The molecule has 0 spiro atoms. The zero-order valence-electron chi connectivity index (χ0n) is 48.5. The number of aliphatic carboxylic acids is 1. The van der Waals surface area contributed by atoms with Crippen molar-refractivity contribution in [1.82, 2.24) is 15.0 Å². The first-order chi connectivity index (χ1) is 40.3. The lowest BCUT2D eigenvalue weighted by atomic mass is 9.77. The van der Waals surface area contributed by atoms with Crippen LogP contribution in [-0.2, 0) is 60.8 Å². The molecule has 1 unspecified atom stereocenters. The number of hydrogen-bond donors (Lipinski definition) is 6. The molecule has 8 rings (SSSR count). The molecule has 3 fully saturated rings. The van der Waals surface area contributed by atoms with Crippen molar-refractivity contribution in [2.45, 2.75) is 115 Å². The first-order valence-corrected chi connectivity index (χ1v) is 35.3. The number of nitrogens with two attached hydrogens (primary N) is 1. The van der Waals surface area contributed by atoms with Gasteiger partial charge in [0.05, 0.1) is 52.1 Å². The summed E-state index contributed by atoms with van der Waals surface area (Å²) >= 11 is 0. The van der Waals surface area contributed by atoms with Crippen LogP contribution in [0, 0.1) is 11.8 Å². The lowest BCUT2D eigenvalue weighted by Gasteiger charge is -2.35. The average molecular weight is 1280 g/mol. The third kappa shape index (κ3) is 16.6. The number of allylic oxidation sites excluding steroid dienone is 4. The second kappa shape index (κ2) is 26.8. The minimum Gasteiger partial charge on any atom is -0.481 e. The van der Waals surface area contributed by atoms with Crippen molar-refractivity contribution in [2.24, 2.45) is 17.6 Å². The zero-order valence-corrected chi connectivity index (χ0v) is 51.8. The van der Waals surface area contributed by atoms with Gasteiger partial charge in [0.25, 0.3) is 40.5 Å². The zero-order chi connectivity index (χ0) is 62.6. The SMILES string of the molecule is CC1(C)C(C=CC=C2N(CCCS(=O)(=O)O)c3ccccc3C2(C)CCCS(=O)(=O)O)=[N+](CCCS(=O)(=O)O)c2cc(C(=O)CC3CCN(c4nc(N5CCC(N)CC5)nc(N5CCC(C(=O)O)CC5)n4)CC3)cc(C(=O)OCCCS(=O)(=O)O)c21. The highest BCUT2D eigenvalue weighted by atomic mass is 32.2. The molecule has 0 radical (unpaired) electrons. The van der Waals surface area contributed by atoms with Gasteiger partial charge in [-0.05, 0) is 115 Å². The van der Waals surface area contributed by atoms with Crippen LogP contribution in [0.15, 0.2) is 60.3 Å². The fourth-order valence-corrected chi connectivity index (χ4v) is 14.5. The molecule has 0 bridgehead atoms. The Morgan fingerprint density at radius 2 is 1.23 bits per heavy atom. The summed E-state index contributed by atoms with van der Waals surface area (Å²) in [6.07, 6.45) is 8.66. The van der Waals surface area contributed by atoms with Crippen molar-refractivity contribution in [2.75, 3.05) is 102 Å². The van der Waals surface area contributed by atoms with Crippen molar-refractivity contribution in [3.63, 3.8) is 0 Å². The number of Topliss-reactive ketones (excluding diaryl/α,β-unsaturated/α-hetero) is 1. The molecule has 7 N–H and O–H groups in total. The second-order valence-corrected chi connectivity index (χ2v) is 29.9. The van der Waals surface area contributed by atoms with E-state index < -0.39 is 98.8 Å². The average Bonchev–Trinajstić information content (AvgIpc) is 1.68. The van der Waals surface area contributed by atoms with E-state index in [1.54, 1.807) is 48.8 Å². The quantitative estimate of drug-likeness (QED) is 0.0206. The number of carbonyl (C=O) groups excluding carboxylic acids is 2. The number of carboxylic acids is 1. The van der Waals surface area contributed by atoms with Crippen LogP contribution >= 0.6 is 0 Å². The molecule has 6 heterocycles. The maximum atomic E-state index is 14.8. The summed E-state index contributed by atoms with van der Waals surface area (Å²) in [5.74, 6) is -3.65. The van der Waals surface area contributed by atoms with E-state index in [2.05, 4.69) is 4.90 Å². The van der Waals surface area contributed by atoms with Crippen LogP contribution in [-0.4, -0.2) is 188 Å². The van der Waals surface area contributed by atoms with Crippen molar-refractivity contribution >= 4 is 93.1 Å². The molecule has 3 aromatic rings. The number of para-hydroxylation sites is 1. The first kappa shape index (κ1) is 66.0. The van der Waals surface area contributed by atoms with Gasteiger partial charge < -0.3 is 35.2 Å². The van der Waals surface area contributed by atoms with E-state index in [9.17, 15) is 71.4 Å². The second-order valence-electron chi connectivity index (χ2n) is 23.7. The molecule has 86 heavy (non-hydrogen) atoms. The van der Waals surface area contributed by atoms with Gasteiger partial charge in [-0.15, -0.1) is 0 Å². The van der Waals surface area contributed by atoms with E-state index >= 15 is 0 Å². The third-order valence-corrected chi connectivity index (χ3v) is 20.2. The van der Waals surface area contributed by atoms with Crippen LogP contribution in [0.25, 0.3) is 0 Å². The molecule has 3 saturated heterocycles. The van der Waals surface area contributed by atoms with Crippen LogP contribution in [0.1, 0.15) is 130 Å². The molecule has 1 aromatic heterocycles. The van der Waals surface area contributed by atoms with E-state index in [0.29, 0.717) is 111 Å². The van der Waals surface area contributed by atoms with Crippen molar-refractivity contribution < 1.29 is 80.7 Å². The lowest BCUT2D eigenvalue weighted by molar-refractivity contribution is -0.437. The van der Waals surface area contributed by atoms with Crippen molar-refractivity contribution in [3.05, 3.63) is 82.6 Å². The standard InChI is InChI=1S/C56H77N9O17S4/c1-55(2)47(13-6-14-48-56(3,21-7-31-83(70,71)72)43-11-4-5-12-44(43)64(48)22-8-32-84(73,74)75)65(23-9-33-85(76,77)78)45-37-40(36-42(49(45)55)51(69)82-30-10-34-86(79,80)81)46(66)35-38-15-24-61(25-16-38)52-58-53(62-26-17-39(18-27-62)50(67)68)60-54(59-52)63-28-19-41(57)20-29-63/h4-6,11-14,36-39,41H,7-10,15-35,57H2,1-3H3,(H4-,67,68,70,71,72,73,74,75,76,77,78,79,80,81)/p+1. The topological polar surface area (TPSA) is 379 Å². The predicted molar refractivity (Wildman–Crippen MR) is 322 cm³/mol. The maximum absolute atomic E-state index is 14.8. The van der Waals surface area contributed by atoms with Gasteiger partial charge in [-0.1, -0.05) is 24.3 Å². The number of anilines is 4. The summed E-state index contributed by atoms with van der Waals surface area (Å²) in [5, 5.41) is 9.65. The molecule has 30 heteroatoms. The molecule has 1 atom stereocenters. The van der Waals surface area contributed by atoms with E-state index in [4.69, 9.17) is 25.4 Å². The summed E-state index contributed by atoms with van der Waals surface area (Å²) in [5.41, 5.74) is 7.60. The normalized spacial score (nSPS) is 20.5. The van der Waals surface area contributed by atoms with Gasteiger partial charge in [-0.2, -0.15) is 53.2 Å². The number of piperidine rings is 3. The van der Waals surface area contributed by atoms with E-state index in [-0.39, 0.29) is 80.5 Å². The molecule has 0 aliphatic carbocycles. The molecule has 26 nitrogen and oxygen atoms in total. The number of carboxylic acid groups (broad SMARTS) is 1. The van der Waals surface area contributed by atoms with Gasteiger partial charge in [0, 0.05) is 99.2 Å². The van der Waals surface area contributed by atoms with E-state index in [0.717, 1.165) is 18.4 Å². The van der Waals surface area contributed by atoms with E-state index in [1.807, 2.05) is 39.8 Å². The molecular formula is C56H78N9O17S4+. The Kier molecular flexibility index (Phi) is 20.5. The number of ether oxygens (including phenoxy) is 1. The third-order valence-electron chi connectivity index (χ3n) is 17.0. The van der Waals surface area contributed by atoms with Crippen molar-refractivity contribution in [1.29, 1.82) is 0 Å². The monoisotopic (exact) mass is 1280 g/mol. The summed E-state index contributed by atoms with van der Waals surface area (Å²) in [6, 6.07) is 10.4. The Hall–Kier alpha value is -5.99. The minimum absolute atomic E-state index is 0.00224. The van der Waals surface area contributed by atoms with Gasteiger partial charge in [0.2, 0.25) is 23.5 Å². The maximum Gasteiger partial charge on any atom is 0.338 e. The molecule has 5 aliphatic rings.